The molecule has 1 rings (SSSR count). The summed E-state index contributed by atoms with van der Waals surface area (Å²) in [5.41, 5.74) is 0. The second kappa shape index (κ2) is 4.98. The van der Waals surface area contributed by atoms with E-state index in [9.17, 15) is 0 Å². The number of rotatable bonds is 3. The van der Waals surface area contributed by atoms with E-state index in [-0.39, 0.29) is 6.79 Å². The molecule has 0 fully saturated rings. The van der Waals surface area contributed by atoms with Gasteiger partial charge in [-0.2, -0.15) is 0 Å². The fourth-order valence-electron chi connectivity index (χ4n) is 0.629. The lowest BCUT2D eigenvalue weighted by Crippen LogP contribution is -2.00. The maximum absolute atomic E-state index is 5.21. The maximum Gasteiger partial charge on any atom is 0.188 e. The summed E-state index contributed by atoms with van der Waals surface area (Å²) in [7, 11) is 1.58. The first kappa shape index (κ1) is 10.2. The van der Waals surface area contributed by atoms with Crippen molar-refractivity contribution in [2.75, 3.05) is 13.9 Å². The third-order valence-electron chi connectivity index (χ3n) is 1.11. The molecule has 0 aliphatic heterocycles. The van der Waals surface area contributed by atoms with Crippen LogP contribution in [-0.4, -0.2) is 18.9 Å². The minimum atomic E-state index is 0.237. The molecular formula is C7H7BrINO2. The van der Waals surface area contributed by atoms with E-state index in [4.69, 9.17) is 9.47 Å². The van der Waals surface area contributed by atoms with Crippen molar-refractivity contribution in [1.82, 2.24) is 4.98 Å². The highest BCUT2D eigenvalue weighted by molar-refractivity contribution is 14.1. The van der Waals surface area contributed by atoms with Crippen LogP contribution in [0.15, 0.2) is 16.7 Å². The summed E-state index contributed by atoms with van der Waals surface area (Å²) in [5, 5.41) is 0. The zero-order chi connectivity index (χ0) is 8.97. The lowest BCUT2D eigenvalue weighted by atomic mass is 10.5. The summed E-state index contributed by atoms with van der Waals surface area (Å²) in [6, 6.07) is 3.72. The van der Waals surface area contributed by atoms with Crippen LogP contribution in [0.5, 0.6) is 5.75 Å². The molecule has 0 unspecified atom stereocenters. The summed E-state index contributed by atoms with van der Waals surface area (Å²) in [4.78, 5) is 4.15. The van der Waals surface area contributed by atoms with Crippen molar-refractivity contribution in [1.29, 1.82) is 0 Å². The van der Waals surface area contributed by atoms with Gasteiger partial charge in [-0.15, -0.1) is 0 Å². The van der Waals surface area contributed by atoms with Gasteiger partial charge in [0.2, 0.25) is 0 Å². The molecule has 0 saturated heterocycles. The molecule has 0 saturated carbocycles. The van der Waals surface area contributed by atoms with Crippen LogP contribution >= 0.6 is 38.5 Å². The average Bonchev–Trinajstić information content (AvgIpc) is 2.03. The Bertz CT molecular complexity index is 270. The van der Waals surface area contributed by atoms with Crippen molar-refractivity contribution in [2.45, 2.75) is 0 Å². The molecule has 0 aromatic carbocycles. The number of methoxy groups -OCH3 is 1. The highest BCUT2D eigenvalue weighted by atomic mass is 127. The Morgan fingerprint density at radius 2 is 2.33 bits per heavy atom. The van der Waals surface area contributed by atoms with E-state index in [0.717, 1.165) is 3.70 Å². The Labute approximate surface area is 92.7 Å². The van der Waals surface area contributed by atoms with Crippen LogP contribution in [0, 0.1) is 3.70 Å². The molecule has 0 N–H and O–H groups in total. The van der Waals surface area contributed by atoms with Gasteiger partial charge >= 0.3 is 0 Å². The molecule has 1 heterocycles. The van der Waals surface area contributed by atoms with E-state index >= 15 is 0 Å². The van der Waals surface area contributed by atoms with Gasteiger partial charge in [0.05, 0.1) is 0 Å². The summed E-state index contributed by atoms with van der Waals surface area (Å²) >= 11 is 5.41. The summed E-state index contributed by atoms with van der Waals surface area (Å²) in [6.45, 7) is 0.237. The molecule has 66 valence electrons. The van der Waals surface area contributed by atoms with Gasteiger partial charge in [0.25, 0.3) is 0 Å². The van der Waals surface area contributed by atoms with Crippen molar-refractivity contribution in [2.24, 2.45) is 0 Å². The molecule has 0 aliphatic rings. The van der Waals surface area contributed by atoms with E-state index in [0.29, 0.717) is 10.4 Å². The van der Waals surface area contributed by atoms with E-state index in [2.05, 4.69) is 43.5 Å². The van der Waals surface area contributed by atoms with Crippen LogP contribution in [0.3, 0.4) is 0 Å². The largest absolute Gasteiger partial charge is 0.465 e. The molecule has 0 aliphatic carbocycles. The van der Waals surface area contributed by atoms with Gasteiger partial charge in [-0.3, -0.25) is 0 Å². The number of pyridine rings is 1. The maximum atomic E-state index is 5.21. The van der Waals surface area contributed by atoms with Gasteiger partial charge in [-0.05, 0) is 50.7 Å². The van der Waals surface area contributed by atoms with Crippen LogP contribution in [0.1, 0.15) is 0 Å². The smallest absolute Gasteiger partial charge is 0.188 e. The number of ether oxygens (including phenoxy) is 2. The predicted molar refractivity (Wildman–Crippen MR) is 57.2 cm³/mol. The lowest BCUT2D eigenvalue weighted by molar-refractivity contribution is 0.0502. The van der Waals surface area contributed by atoms with Crippen LogP contribution < -0.4 is 4.74 Å². The second-order valence-electron chi connectivity index (χ2n) is 1.97. The number of nitrogens with zero attached hydrogens (tertiary/aromatic N) is 1. The van der Waals surface area contributed by atoms with Crippen molar-refractivity contribution < 1.29 is 9.47 Å². The summed E-state index contributed by atoms with van der Waals surface area (Å²) in [5.74, 6) is 0.692. The fourth-order valence-corrected chi connectivity index (χ4v) is 1.82. The van der Waals surface area contributed by atoms with Crippen molar-refractivity contribution in [3.8, 4) is 5.75 Å². The number of hydrogen-bond donors (Lipinski definition) is 0. The molecule has 0 spiro atoms. The molecule has 1 aromatic heterocycles. The molecule has 0 bridgehead atoms. The quantitative estimate of drug-likeness (QED) is 0.480. The molecule has 0 amide bonds. The number of aromatic nitrogens is 1. The van der Waals surface area contributed by atoms with Crippen LogP contribution in [-0.2, 0) is 4.74 Å². The highest BCUT2D eigenvalue weighted by Crippen LogP contribution is 2.23. The van der Waals surface area contributed by atoms with E-state index < -0.39 is 0 Å². The van der Waals surface area contributed by atoms with Gasteiger partial charge in [-0.1, -0.05) is 0 Å². The Hall–Kier alpha value is 0.120. The first-order valence-corrected chi connectivity index (χ1v) is 5.05. The van der Waals surface area contributed by atoms with Gasteiger partial charge in [0, 0.05) is 7.11 Å². The van der Waals surface area contributed by atoms with Crippen molar-refractivity contribution in [3.05, 3.63) is 20.4 Å². The minimum absolute atomic E-state index is 0.237. The highest BCUT2D eigenvalue weighted by Gasteiger charge is 2.01. The van der Waals surface area contributed by atoms with Gasteiger partial charge in [-0.25, -0.2) is 4.98 Å². The Balaban J connectivity index is 2.72. The average molecular weight is 344 g/mol. The van der Waals surface area contributed by atoms with Gasteiger partial charge in [0.15, 0.2) is 12.5 Å². The van der Waals surface area contributed by atoms with Crippen LogP contribution in [0.25, 0.3) is 0 Å². The van der Waals surface area contributed by atoms with Gasteiger partial charge < -0.3 is 9.47 Å². The summed E-state index contributed by atoms with van der Waals surface area (Å²) < 4.78 is 11.6. The fraction of sp³-hybridized carbons (Fsp3) is 0.286. The van der Waals surface area contributed by atoms with E-state index in [1.54, 1.807) is 7.11 Å². The van der Waals surface area contributed by atoms with Crippen molar-refractivity contribution in [3.63, 3.8) is 0 Å². The molecule has 1 aromatic rings. The zero-order valence-electron chi connectivity index (χ0n) is 6.38. The number of halogens is 2. The predicted octanol–water partition coefficient (Wildman–Crippen LogP) is 2.43. The first-order valence-electron chi connectivity index (χ1n) is 3.18. The monoisotopic (exact) mass is 343 g/mol. The third kappa shape index (κ3) is 2.87. The Morgan fingerprint density at radius 1 is 1.58 bits per heavy atom. The van der Waals surface area contributed by atoms with E-state index in [1.807, 2.05) is 12.1 Å². The molecule has 0 radical (unpaired) electrons. The summed E-state index contributed by atoms with van der Waals surface area (Å²) in [6.07, 6.45) is 0. The van der Waals surface area contributed by atoms with E-state index in [1.165, 1.54) is 0 Å². The SMILES string of the molecule is COCOc1ccc(I)nc1Br. The van der Waals surface area contributed by atoms with Crippen molar-refractivity contribution >= 4 is 38.5 Å². The number of hydrogen-bond acceptors (Lipinski definition) is 3. The standard InChI is InChI=1S/C7H7BrINO2/c1-11-4-12-5-2-3-6(9)10-7(5)8/h2-3H,4H2,1H3. The second-order valence-corrected chi connectivity index (χ2v) is 3.83. The molecule has 3 nitrogen and oxygen atoms in total. The Kier molecular flexibility index (Phi) is 4.24. The Morgan fingerprint density at radius 3 is 2.92 bits per heavy atom. The molecule has 12 heavy (non-hydrogen) atoms. The first-order chi connectivity index (χ1) is 5.74. The normalized spacial score (nSPS) is 9.92. The molecular weight excluding hydrogens is 337 g/mol. The topological polar surface area (TPSA) is 31.4 Å². The lowest BCUT2D eigenvalue weighted by Gasteiger charge is -2.05. The third-order valence-corrected chi connectivity index (χ3v) is 2.28. The molecule has 0 atom stereocenters. The van der Waals surface area contributed by atoms with Crippen LogP contribution in [0.4, 0.5) is 0 Å². The van der Waals surface area contributed by atoms with Crippen LogP contribution in [0.2, 0.25) is 0 Å². The minimum Gasteiger partial charge on any atom is -0.465 e. The molecule has 5 heteroatoms. The van der Waals surface area contributed by atoms with Gasteiger partial charge in [0.1, 0.15) is 8.30 Å². The zero-order valence-corrected chi connectivity index (χ0v) is 10.1.